The number of aryl methyl sites for hydroxylation is 1. The van der Waals surface area contributed by atoms with Crippen LogP contribution in [0.15, 0.2) is 42.5 Å². The Bertz CT molecular complexity index is 780. The van der Waals surface area contributed by atoms with Gasteiger partial charge in [0.25, 0.3) is 5.91 Å². The Morgan fingerprint density at radius 2 is 1.85 bits per heavy atom. The molecule has 0 unspecified atom stereocenters. The molecule has 0 saturated heterocycles. The molecule has 0 aromatic heterocycles. The Labute approximate surface area is 158 Å². The first-order valence-electron chi connectivity index (χ1n) is 8.35. The van der Waals surface area contributed by atoms with Gasteiger partial charge in [-0.3, -0.25) is 15.6 Å². The number of carbonyl (C=O) groups excluding carboxylic acids is 1. The number of hydrazine groups is 1. The van der Waals surface area contributed by atoms with Crippen LogP contribution in [0.2, 0.25) is 0 Å². The highest BCUT2D eigenvalue weighted by molar-refractivity contribution is 7.80. The van der Waals surface area contributed by atoms with Gasteiger partial charge < -0.3 is 14.8 Å². The molecule has 0 bridgehead atoms. The van der Waals surface area contributed by atoms with E-state index in [4.69, 9.17) is 21.7 Å². The summed E-state index contributed by atoms with van der Waals surface area (Å²) in [6.45, 7) is 4.47. The Morgan fingerprint density at radius 3 is 2.54 bits per heavy atom. The second kappa shape index (κ2) is 9.62. The van der Waals surface area contributed by atoms with E-state index >= 15 is 0 Å². The number of ether oxygens (including phenoxy) is 2. The lowest BCUT2D eigenvalue weighted by Gasteiger charge is -2.14. The molecule has 3 N–H and O–H groups in total. The van der Waals surface area contributed by atoms with Gasteiger partial charge in [-0.25, -0.2) is 0 Å². The largest absolute Gasteiger partial charge is 0.493 e. The van der Waals surface area contributed by atoms with Crippen molar-refractivity contribution in [2.45, 2.75) is 20.3 Å². The van der Waals surface area contributed by atoms with Crippen molar-refractivity contribution in [1.29, 1.82) is 0 Å². The first-order valence-corrected chi connectivity index (χ1v) is 8.75. The fraction of sp³-hybridized carbons (Fsp3) is 0.263. The van der Waals surface area contributed by atoms with Crippen molar-refractivity contribution in [3.63, 3.8) is 0 Å². The molecule has 0 fully saturated rings. The lowest BCUT2D eigenvalue weighted by atomic mass is 10.1. The van der Waals surface area contributed by atoms with E-state index in [9.17, 15) is 4.79 Å². The minimum atomic E-state index is -0.334. The van der Waals surface area contributed by atoms with Crippen LogP contribution in [-0.4, -0.2) is 24.7 Å². The normalized spacial score (nSPS) is 9.96. The van der Waals surface area contributed by atoms with Crippen molar-refractivity contribution in [1.82, 2.24) is 10.9 Å². The number of methoxy groups -OCH3 is 1. The maximum atomic E-state index is 12.3. The van der Waals surface area contributed by atoms with Crippen LogP contribution in [0.3, 0.4) is 0 Å². The van der Waals surface area contributed by atoms with Gasteiger partial charge >= 0.3 is 0 Å². The lowest BCUT2D eigenvalue weighted by Crippen LogP contribution is -2.43. The molecule has 1 amide bonds. The minimum absolute atomic E-state index is 0.303. The number of thiocarbonyl (C=S) groups is 1. The van der Waals surface area contributed by atoms with Gasteiger partial charge in [-0.15, -0.1) is 0 Å². The van der Waals surface area contributed by atoms with E-state index in [-0.39, 0.29) is 5.91 Å². The SMILES string of the molecule is CCOc1ccc(C(=O)NNC(=S)Nc2ccccc2CC)cc1OC. The van der Waals surface area contributed by atoms with Crippen LogP contribution >= 0.6 is 12.2 Å². The molecule has 2 rings (SSSR count). The number of carbonyl (C=O) groups is 1. The maximum Gasteiger partial charge on any atom is 0.269 e. The number of hydrogen-bond donors (Lipinski definition) is 3. The molecule has 0 heterocycles. The number of nitrogens with one attached hydrogen (secondary N) is 3. The van der Waals surface area contributed by atoms with Gasteiger partial charge in [0.15, 0.2) is 16.6 Å². The molecule has 0 saturated carbocycles. The van der Waals surface area contributed by atoms with E-state index in [2.05, 4.69) is 23.1 Å². The van der Waals surface area contributed by atoms with Crippen LogP contribution in [-0.2, 0) is 6.42 Å². The van der Waals surface area contributed by atoms with Crippen LogP contribution < -0.4 is 25.6 Å². The molecule has 2 aromatic rings. The molecule has 0 aliphatic rings. The van der Waals surface area contributed by atoms with Gasteiger partial charge in [0.2, 0.25) is 0 Å². The average molecular weight is 373 g/mol. The second-order valence-corrected chi connectivity index (χ2v) is 5.75. The summed E-state index contributed by atoms with van der Waals surface area (Å²) < 4.78 is 10.7. The maximum absolute atomic E-state index is 12.3. The average Bonchev–Trinajstić information content (AvgIpc) is 2.67. The second-order valence-electron chi connectivity index (χ2n) is 5.34. The van der Waals surface area contributed by atoms with Crippen molar-refractivity contribution in [2.75, 3.05) is 19.0 Å². The number of para-hydroxylation sites is 1. The summed E-state index contributed by atoms with van der Waals surface area (Å²) in [6, 6.07) is 12.8. The Morgan fingerprint density at radius 1 is 1.08 bits per heavy atom. The van der Waals surface area contributed by atoms with Crippen LogP contribution in [0.25, 0.3) is 0 Å². The van der Waals surface area contributed by atoms with Crippen LogP contribution in [0.1, 0.15) is 29.8 Å². The molecule has 7 heteroatoms. The number of rotatable bonds is 6. The summed E-state index contributed by atoms with van der Waals surface area (Å²) in [7, 11) is 1.53. The first kappa shape index (κ1) is 19.5. The van der Waals surface area contributed by atoms with E-state index in [1.54, 1.807) is 18.2 Å². The van der Waals surface area contributed by atoms with Gasteiger partial charge in [-0.1, -0.05) is 25.1 Å². The van der Waals surface area contributed by atoms with Crippen LogP contribution in [0.5, 0.6) is 11.5 Å². The quantitative estimate of drug-likeness (QED) is 0.533. The number of amides is 1. The Kier molecular flexibility index (Phi) is 7.23. The van der Waals surface area contributed by atoms with E-state index < -0.39 is 0 Å². The first-order chi connectivity index (χ1) is 12.6. The summed E-state index contributed by atoms with van der Waals surface area (Å²) >= 11 is 5.23. The zero-order valence-electron chi connectivity index (χ0n) is 15.1. The van der Waals surface area contributed by atoms with Crippen molar-refractivity contribution in [2.24, 2.45) is 0 Å². The predicted molar refractivity (Wildman–Crippen MR) is 107 cm³/mol. The van der Waals surface area contributed by atoms with Crippen molar-refractivity contribution < 1.29 is 14.3 Å². The molecule has 0 atom stereocenters. The van der Waals surface area contributed by atoms with Crippen molar-refractivity contribution in [3.05, 3.63) is 53.6 Å². The molecule has 0 radical (unpaired) electrons. The Hall–Kier alpha value is -2.80. The highest BCUT2D eigenvalue weighted by Gasteiger charge is 2.11. The summed E-state index contributed by atoms with van der Waals surface area (Å²) in [4.78, 5) is 12.3. The summed E-state index contributed by atoms with van der Waals surface area (Å²) in [5.41, 5.74) is 7.75. The fourth-order valence-electron chi connectivity index (χ4n) is 2.37. The van der Waals surface area contributed by atoms with Crippen molar-refractivity contribution in [3.8, 4) is 11.5 Å². The fourth-order valence-corrected chi connectivity index (χ4v) is 2.53. The van der Waals surface area contributed by atoms with Gasteiger partial charge in [-0.05, 0) is 55.4 Å². The predicted octanol–water partition coefficient (Wildman–Crippen LogP) is 3.29. The molecule has 6 nitrogen and oxygen atoms in total. The smallest absolute Gasteiger partial charge is 0.269 e. The van der Waals surface area contributed by atoms with Crippen molar-refractivity contribution >= 4 is 28.9 Å². The minimum Gasteiger partial charge on any atom is -0.493 e. The van der Waals surface area contributed by atoms with E-state index in [0.29, 0.717) is 28.8 Å². The summed E-state index contributed by atoms with van der Waals surface area (Å²) in [6.07, 6.45) is 0.879. The van der Waals surface area contributed by atoms with Gasteiger partial charge in [0.05, 0.1) is 13.7 Å². The monoisotopic (exact) mass is 373 g/mol. The highest BCUT2D eigenvalue weighted by atomic mass is 32.1. The third-order valence-electron chi connectivity index (χ3n) is 3.66. The number of benzene rings is 2. The zero-order chi connectivity index (χ0) is 18.9. The number of anilines is 1. The highest BCUT2D eigenvalue weighted by Crippen LogP contribution is 2.27. The molecular weight excluding hydrogens is 350 g/mol. The lowest BCUT2D eigenvalue weighted by molar-refractivity contribution is 0.0943. The topological polar surface area (TPSA) is 71.6 Å². The van der Waals surface area contributed by atoms with Gasteiger partial charge in [0.1, 0.15) is 0 Å². The van der Waals surface area contributed by atoms with Crippen LogP contribution in [0, 0.1) is 0 Å². The third kappa shape index (κ3) is 5.10. The molecule has 0 aliphatic heterocycles. The Balaban J connectivity index is 1.96. The standard InChI is InChI=1S/C19H23N3O3S/c1-4-13-8-6-7-9-15(13)20-19(26)22-21-18(23)14-10-11-16(25-5-2)17(12-14)24-3/h6-12H,4-5H2,1-3H3,(H,21,23)(H2,20,22,26). The third-order valence-corrected chi connectivity index (χ3v) is 3.87. The molecule has 26 heavy (non-hydrogen) atoms. The van der Waals surface area contributed by atoms with E-state index in [1.165, 1.54) is 7.11 Å². The zero-order valence-corrected chi connectivity index (χ0v) is 15.9. The summed E-state index contributed by atoms with van der Waals surface area (Å²) in [5.74, 6) is 0.754. The molecule has 0 aliphatic carbocycles. The van der Waals surface area contributed by atoms with Gasteiger partial charge in [-0.2, -0.15) is 0 Å². The molecule has 0 spiro atoms. The molecule has 138 valence electrons. The van der Waals surface area contributed by atoms with Crippen LogP contribution in [0.4, 0.5) is 5.69 Å². The number of hydrogen-bond acceptors (Lipinski definition) is 4. The molecule has 2 aromatic carbocycles. The van der Waals surface area contributed by atoms with Gasteiger partial charge in [0, 0.05) is 11.3 Å². The van der Waals surface area contributed by atoms with E-state index in [0.717, 1.165) is 17.7 Å². The van der Waals surface area contributed by atoms with E-state index in [1.807, 2.05) is 31.2 Å². The summed E-state index contributed by atoms with van der Waals surface area (Å²) in [5, 5.41) is 3.38. The molecular formula is C19H23N3O3S.